The molecule has 0 radical (unpaired) electrons. The first-order valence-corrected chi connectivity index (χ1v) is 11.1. The van der Waals surface area contributed by atoms with E-state index in [9.17, 15) is 9.59 Å². The number of carbonyl (C=O) groups excluding carboxylic acids is 2. The van der Waals surface area contributed by atoms with E-state index in [1.54, 1.807) is 14.0 Å². The van der Waals surface area contributed by atoms with Crippen LogP contribution in [-0.4, -0.2) is 66.2 Å². The molecule has 2 aliphatic heterocycles. The number of carbonyl (C=O) groups is 2. The van der Waals surface area contributed by atoms with Crippen LogP contribution in [0, 0.1) is 0 Å². The van der Waals surface area contributed by atoms with Gasteiger partial charge in [0.1, 0.15) is 5.75 Å². The first-order chi connectivity index (χ1) is 14.5. The number of hydrogen-bond acceptors (Lipinski definition) is 4. The van der Waals surface area contributed by atoms with Gasteiger partial charge in [-0.25, -0.2) is 4.79 Å². The summed E-state index contributed by atoms with van der Waals surface area (Å²) in [5.74, 6) is 0.997. The van der Waals surface area contributed by atoms with Gasteiger partial charge in [-0.2, -0.15) is 0 Å². The summed E-state index contributed by atoms with van der Waals surface area (Å²) in [4.78, 5) is 28.8. The molecule has 164 valence electrons. The van der Waals surface area contributed by atoms with Crippen LogP contribution in [-0.2, 0) is 16.1 Å². The Hall–Kier alpha value is -2.28. The fourth-order valence-electron chi connectivity index (χ4n) is 4.90. The van der Waals surface area contributed by atoms with E-state index >= 15 is 0 Å². The predicted molar refractivity (Wildman–Crippen MR) is 113 cm³/mol. The van der Waals surface area contributed by atoms with Gasteiger partial charge in [-0.3, -0.25) is 4.79 Å². The Balaban J connectivity index is 1.28. The average molecular weight is 416 g/mol. The lowest BCUT2D eigenvalue weighted by atomic mass is 9.81. The van der Waals surface area contributed by atoms with Gasteiger partial charge in [0.05, 0.1) is 12.7 Å². The number of methoxy groups -OCH3 is 1. The highest BCUT2D eigenvalue weighted by molar-refractivity contribution is 5.75. The Morgan fingerprint density at radius 1 is 1.17 bits per heavy atom. The van der Waals surface area contributed by atoms with Gasteiger partial charge in [0.25, 0.3) is 0 Å². The van der Waals surface area contributed by atoms with Gasteiger partial charge < -0.3 is 24.6 Å². The van der Waals surface area contributed by atoms with E-state index in [1.165, 1.54) is 0 Å². The number of amides is 3. The van der Waals surface area contributed by atoms with E-state index in [0.717, 1.165) is 49.8 Å². The highest BCUT2D eigenvalue weighted by Crippen LogP contribution is 2.40. The van der Waals surface area contributed by atoms with Crippen molar-refractivity contribution in [2.24, 2.45) is 0 Å². The maximum atomic E-state index is 12.6. The van der Waals surface area contributed by atoms with Crippen molar-refractivity contribution < 1.29 is 19.1 Å². The molecule has 2 saturated heterocycles. The normalized spacial score (nSPS) is 23.1. The number of ether oxygens (including phenoxy) is 2. The molecule has 7 heteroatoms. The second-order valence-corrected chi connectivity index (χ2v) is 8.83. The molecular formula is C23H33N3O4. The quantitative estimate of drug-likeness (QED) is 0.803. The fourth-order valence-corrected chi connectivity index (χ4v) is 4.90. The zero-order valence-corrected chi connectivity index (χ0v) is 18.1. The number of nitrogens with one attached hydrogen (secondary N) is 1. The summed E-state index contributed by atoms with van der Waals surface area (Å²) in [6.07, 6.45) is 5.73. The highest BCUT2D eigenvalue weighted by atomic mass is 16.5. The fraction of sp³-hybridized carbons (Fsp3) is 0.652. The Bertz CT molecular complexity index is 754. The van der Waals surface area contributed by atoms with Crippen LogP contribution in [0.2, 0.25) is 0 Å². The van der Waals surface area contributed by atoms with E-state index in [2.05, 4.69) is 10.2 Å². The first-order valence-electron chi connectivity index (χ1n) is 11.1. The van der Waals surface area contributed by atoms with Crippen molar-refractivity contribution in [3.05, 3.63) is 29.8 Å². The SMILES string of the molecule is COc1ccc(CNC(=O)N2CCC3(CC2)CC(N(C(C)=O)C2CC2)CCO3)cc1. The van der Waals surface area contributed by atoms with Crippen LogP contribution in [0.1, 0.15) is 51.0 Å². The summed E-state index contributed by atoms with van der Waals surface area (Å²) < 4.78 is 11.4. The standard InChI is InChI=1S/C23H33N3O4/c1-17(27)26(19-5-6-19)20-9-14-30-23(15-20)10-12-25(13-11-23)22(28)24-16-18-3-7-21(29-2)8-4-18/h3-4,7-8,19-20H,5-6,9-16H2,1-2H3,(H,24,28). The zero-order chi connectivity index (χ0) is 21.1. The molecule has 30 heavy (non-hydrogen) atoms. The molecule has 1 N–H and O–H groups in total. The minimum Gasteiger partial charge on any atom is -0.497 e. The largest absolute Gasteiger partial charge is 0.497 e. The second-order valence-electron chi connectivity index (χ2n) is 8.83. The lowest BCUT2D eigenvalue weighted by molar-refractivity contribution is -0.148. The molecule has 1 atom stereocenters. The Labute approximate surface area is 178 Å². The molecule has 0 bridgehead atoms. The van der Waals surface area contributed by atoms with Crippen molar-refractivity contribution in [3.63, 3.8) is 0 Å². The van der Waals surface area contributed by atoms with Gasteiger partial charge in [0.2, 0.25) is 5.91 Å². The molecule has 1 spiro atoms. The van der Waals surface area contributed by atoms with Crippen LogP contribution in [0.3, 0.4) is 0 Å². The van der Waals surface area contributed by atoms with E-state index in [4.69, 9.17) is 9.47 Å². The minimum absolute atomic E-state index is 0.0311. The summed E-state index contributed by atoms with van der Waals surface area (Å²) in [7, 11) is 1.64. The average Bonchev–Trinajstić information content (AvgIpc) is 3.58. The maximum Gasteiger partial charge on any atom is 0.317 e. The number of piperidine rings is 1. The number of urea groups is 1. The summed E-state index contributed by atoms with van der Waals surface area (Å²) in [5, 5.41) is 3.02. The third-order valence-corrected chi connectivity index (χ3v) is 6.73. The van der Waals surface area contributed by atoms with Crippen LogP contribution in [0.25, 0.3) is 0 Å². The van der Waals surface area contributed by atoms with Crippen LogP contribution in [0.15, 0.2) is 24.3 Å². The molecule has 0 aromatic heterocycles. The number of likely N-dealkylation sites (tertiary alicyclic amines) is 1. The predicted octanol–water partition coefficient (Wildman–Crippen LogP) is 2.93. The molecule has 1 aromatic carbocycles. The van der Waals surface area contributed by atoms with Gasteiger partial charge in [-0.15, -0.1) is 0 Å². The molecule has 7 nitrogen and oxygen atoms in total. The van der Waals surface area contributed by atoms with Crippen LogP contribution < -0.4 is 10.1 Å². The lowest BCUT2D eigenvalue weighted by Gasteiger charge is -2.48. The monoisotopic (exact) mass is 415 g/mol. The van der Waals surface area contributed by atoms with Gasteiger partial charge in [0, 0.05) is 45.2 Å². The molecule has 4 rings (SSSR count). The third-order valence-electron chi connectivity index (χ3n) is 6.73. The minimum atomic E-state index is -0.196. The van der Waals surface area contributed by atoms with Crippen molar-refractivity contribution in [1.82, 2.24) is 15.1 Å². The van der Waals surface area contributed by atoms with Gasteiger partial charge in [-0.1, -0.05) is 12.1 Å². The maximum absolute atomic E-state index is 12.6. The molecule has 3 fully saturated rings. The van der Waals surface area contributed by atoms with Gasteiger partial charge in [0.15, 0.2) is 0 Å². The molecule has 1 saturated carbocycles. The highest BCUT2D eigenvalue weighted by Gasteiger charge is 2.45. The summed E-state index contributed by atoms with van der Waals surface area (Å²) in [5.41, 5.74) is 0.846. The molecule has 1 aliphatic carbocycles. The van der Waals surface area contributed by atoms with Crippen molar-refractivity contribution >= 4 is 11.9 Å². The third kappa shape index (κ3) is 4.72. The number of rotatable bonds is 5. The van der Waals surface area contributed by atoms with Crippen molar-refractivity contribution in [2.45, 2.75) is 69.7 Å². The summed E-state index contributed by atoms with van der Waals surface area (Å²) >= 11 is 0. The molecule has 2 heterocycles. The second kappa shape index (κ2) is 8.84. The van der Waals surface area contributed by atoms with E-state index in [-0.39, 0.29) is 23.6 Å². The first kappa shape index (κ1) is 21.0. The van der Waals surface area contributed by atoms with Crippen molar-refractivity contribution in [1.29, 1.82) is 0 Å². The molecule has 3 aliphatic rings. The van der Waals surface area contributed by atoms with Crippen molar-refractivity contribution in [2.75, 3.05) is 26.8 Å². The molecule has 1 unspecified atom stereocenters. The lowest BCUT2D eigenvalue weighted by Crippen LogP contribution is -2.56. The summed E-state index contributed by atoms with van der Waals surface area (Å²) in [6, 6.07) is 8.40. The molecule has 1 aromatic rings. The van der Waals surface area contributed by atoms with Crippen LogP contribution in [0.5, 0.6) is 5.75 Å². The number of benzene rings is 1. The van der Waals surface area contributed by atoms with Gasteiger partial charge >= 0.3 is 6.03 Å². The molecular weight excluding hydrogens is 382 g/mol. The number of nitrogens with zero attached hydrogens (tertiary/aromatic N) is 2. The van der Waals surface area contributed by atoms with E-state index < -0.39 is 0 Å². The van der Waals surface area contributed by atoms with Crippen LogP contribution in [0.4, 0.5) is 4.79 Å². The Morgan fingerprint density at radius 2 is 1.87 bits per heavy atom. The zero-order valence-electron chi connectivity index (χ0n) is 18.1. The topological polar surface area (TPSA) is 71.1 Å². The van der Waals surface area contributed by atoms with E-state index in [0.29, 0.717) is 32.3 Å². The smallest absolute Gasteiger partial charge is 0.317 e. The Kier molecular flexibility index (Phi) is 6.18. The summed E-state index contributed by atoms with van der Waals surface area (Å²) in [6.45, 7) is 4.26. The number of hydrogen-bond donors (Lipinski definition) is 1. The van der Waals surface area contributed by atoms with Gasteiger partial charge in [-0.05, 0) is 56.2 Å². The van der Waals surface area contributed by atoms with Crippen molar-refractivity contribution in [3.8, 4) is 5.75 Å². The van der Waals surface area contributed by atoms with Crippen LogP contribution >= 0.6 is 0 Å². The Morgan fingerprint density at radius 3 is 2.47 bits per heavy atom. The van der Waals surface area contributed by atoms with E-state index in [1.807, 2.05) is 29.2 Å². The molecule has 3 amide bonds.